The molecular formula is C21H30O3. The van der Waals surface area contributed by atoms with E-state index in [1.807, 2.05) is 0 Å². The van der Waals surface area contributed by atoms with E-state index in [2.05, 4.69) is 39.8 Å². The van der Waals surface area contributed by atoms with Crippen molar-refractivity contribution in [3.8, 4) is 0 Å². The normalized spacial score (nSPS) is 11.2. The second kappa shape index (κ2) is 8.91. The van der Waals surface area contributed by atoms with Crippen molar-refractivity contribution >= 4 is 5.78 Å². The lowest BCUT2D eigenvalue weighted by molar-refractivity contribution is -0.119. The summed E-state index contributed by atoms with van der Waals surface area (Å²) in [5.74, 6) is 4.29. The van der Waals surface area contributed by atoms with E-state index in [9.17, 15) is 4.79 Å². The Bertz CT molecular complexity index is 604. The van der Waals surface area contributed by atoms with Crippen molar-refractivity contribution in [2.24, 2.45) is 0 Å². The molecule has 0 radical (unpaired) electrons. The molecule has 0 aliphatic heterocycles. The van der Waals surface area contributed by atoms with Gasteiger partial charge in [-0.2, -0.15) is 0 Å². The van der Waals surface area contributed by atoms with Crippen LogP contribution in [0.15, 0.2) is 21.0 Å². The van der Waals surface area contributed by atoms with Crippen molar-refractivity contribution in [1.29, 1.82) is 0 Å². The third-order valence-corrected chi connectivity index (χ3v) is 4.62. The highest BCUT2D eigenvalue weighted by molar-refractivity contribution is 5.78. The predicted molar refractivity (Wildman–Crippen MR) is 96.6 cm³/mol. The topological polar surface area (TPSA) is 43.4 Å². The van der Waals surface area contributed by atoms with Crippen LogP contribution in [0, 0.1) is 0 Å². The minimum atomic E-state index is 0.281. The lowest BCUT2D eigenvalue weighted by Crippen LogP contribution is -2.03. The molecule has 2 heterocycles. The van der Waals surface area contributed by atoms with Crippen LogP contribution in [0.2, 0.25) is 0 Å². The van der Waals surface area contributed by atoms with E-state index < -0.39 is 0 Å². The summed E-state index contributed by atoms with van der Waals surface area (Å²) >= 11 is 0. The van der Waals surface area contributed by atoms with Crippen LogP contribution < -0.4 is 0 Å². The first-order valence-electron chi connectivity index (χ1n) is 9.33. The Morgan fingerprint density at radius 2 is 1.17 bits per heavy atom. The standard InChI is InChI=1S/C21H30O3/c1-5-15-13-18(7-3)23-20(15)11-9-17(22)10-12-21-16(6-2)14-19(8-4)24-21/h13-14H,5-12H2,1-4H3. The predicted octanol–water partition coefficient (Wildman–Crippen LogP) is 5.26. The van der Waals surface area contributed by atoms with Gasteiger partial charge in [0.1, 0.15) is 28.8 Å². The SMILES string of the molecule is CCc1cc(CC)c(CCC(=O)CCc2oc(CC)cc2CC)o1. The number of carbonyl (C=O) groups excluding carboxylic acids is 1. The van der Waals surface area contributed by atoms with Crippen molar-refractivity contribution < 1.29 is 13.6 Å². The number of hydrogen-bond donors (Lipinski definition) is 0. The van der Waals surface area contributed by atoms with Gasteiger partial charge in [0.2, 0.25) is 0 Å². The fourth-order valence-electron chi connectivity index (χ4n) is 3.06. The molecule has 0 saturated carbocycles. The van der Waals surface area contributed by atoms with E-state index in [1.165, 1.54) is 11.1 Å². The van der Waals surface area contributed by atoms with E-state index in [0.29, 0.717) is 25.7 Å². The Balaban J connectivity index is 1.88. The van der Waals surface area contributed by atoms with Gasteiger partial charge in [-0.25, -0.2) is 0 Å². The monoisotopic (exact) mass is 330 g/mol. The molecule has 0 spiro atoms. The van der Waals surface area contributed by atoms with Crippen molar-refractivity contribution in [2.45, 2.75) is 79.1 Å². The van der Waals surface area contributed by atoms with Crippen LogP contribution in [0.5, 0.6) is 0 Å². The van der Waals surface area contributed by atoms with Crippen molar-refractivity contribution in [3.05, 3.63) is 46.3 Å². The molecule has 0 unspecified atom stereocenters. The third kappa shape index (κ3) is 4.62. The second-order valence-corrected chi connectivity index (χ2v) is 6.28. The van der Waals surface area contributed by atoms with Crippen LogP contribution in [0.25, 0.3) is 0 Å². The van der Waals surface area contributed by atoms with Crippen LogP contribution >= 0.6 is 0 Å². The first-order chi connectivity index (χ1) is 11.6. The summed E-state index contributed by atoms with van der Waals surface area (Å²) in [6.45, 7) is 8.44. The molecule has 0 aromatic carbocycles. The Morgan fingerprint density at radius 3 is 1.50 bits per heavy atom. The number of hydrogen-bond acceptors (Lipinski definition) is 3. The number of rotatable bonds is 10. The summed E-state index contributed by atoms with van der Waals surface area (Å²) in [7, 11) is 0. The first kappa shape index (κ1) is 18.6. The molecule has 24 heavy (non-hydrogen) atoms. The van der Waals surface area contributed by atoms with E-state index in [4.69, 9.17) is 8.83 Å². The average Bonchev–Trinajstić information content (AvgIpc) is 3.20. The van der Waals surface area contributed by atoms with Gasteiger partial charge in [-0.1, -0.05) is 27.7 Å². The van der Waals surface area contributed by atoms with Gasteiger partial charge in [0.25, 0.3) is 0 Å². The lowest BCUT2D eigenvalue weighted by Gasteiger charge is -2.02. The molecule has 132 valence electrons. The van der Waals surface area contributed by atoms with E-state index >= 15 is 0 Å². The molecule has 0 atom stereocenters. The minimum absolute atomic E-state index is 0.281. The Hall–Kier alpha value is -1.77. The van der Waals surface area contributed by atoms with Crippen LogP contribution in [0.3, 0.4) is 0 Å². The van der Waals surface area contributed by atoms with E-state index in [0.717, 1.165) is 48.7 Å². The van der Waals surface area contributed by atoms with Crippen molar-refractivity contribution in [2.75, 3.05) is 0 Å². The maximum absolute atomic E-state index is 12.3. The van der Waals surface area contributed by atoms with Gasteiger partial charge in [0, 0.05) is 38.5 Å². The van der Waals surface area contributed by atoms with Gasteiger partial charge in [0.15, 0.2) is 0 Å². The summed E-state index contributed by atoms with van der Waals surface area (Å²) in [6.07, 6.45) is 6.23. The molecule has 0 fully saturated rings. The number of ketones is 1. The van der Waals surface area contributed by atoms with Gasteiger partial charge < -0.3 is 8.83 Å². The van der Waals surface area contributed by atoms with Crippen molar-refractivity contribution in [1.82, 2.24) is 0 Å². The Kier molecular flexibility index (Phi) is 6.89. The highest BCUT2D eigenvalue weighted by atomic mass is 16.3. The second-order valence-electron chi connectivity index (χ2n) is 6.28. The molecule has 0 aliphatic carbocycles. The fraction of sp³-hybridized carbons (Fsp3) is 0.571. The molecular weight excluding hydrogens is 300 g/mol. The third-order valence-electron chi connectivity index (χ3n) is 4.62. The smallest absolute Gasteiger partial charge is 0.133 e. The van der Waals surface area contributed by atoms with Gasteiger partial charge in [0.05, 0.1) is 0 Å². The average molecular weight is 330 g/mol. The van der Waals surface area contributed by atoms with Crippen LogP contribution in [0.1, 0.15) is 74.7 Å². The number of carbonyl (C=O) groups is 1. The molecule has 0 bridgehead atoms. The summed E-state index contributed by atoms with van der Waals surface area (Å²) in [5.41, 5.74) is 2.48. The van der Waals surface area contributed by atoms with Crippen molar-refractivity contribution in [3.63, 3.8) is 0 Å². The molecule has 0 saturated heterocycles. The summed E-state index contributed by atoms with van der Waals surface area (Å²) in [4.78, 5) is 12.3. The molecule has 3 nitrogen and oxygen atoms in total. The molecule has 2 aromatic heterocycles. The zero-order chi connectivity index (χ0) is 17.5. The Morgan fingerprint density at radius 1 is 0.750 bits per heavy atom. The van der Waals surface area contributed by atoms with E-state index in [1.54, 1.807) is 0 Å². The molecule has 0 amide bonds. The van der Waals surface area contributed by atoms with Gasteiger partial charge in [-0.3, -0.25) is 4.79 Å². The van der Waals surface area contributed by atoms with Crippen LogP contribution in [-0.2, 0) is 43.3 Å². The summed E-state index contributed by atoms with van der Waals surface area (Å²) in [5, 5.41) is 0. The minimum Gasteiger partial charge on any atom is -0.466 e. The zero-order valence-corrected chi connectivity index (χ0v) is 15.5. The van der Waals surface area contributed by atoms with Crippen LogP contribution in [0.4, 0.5) is 0 Å². The van der Waals surface area contributed by atoms with Gasteiger partial charge >= 0.3 is 0 Å². The van der Waals surface area contributed by atoms with Crippen LogP contribution in [-0.4, -0.2) is 5.78 Å². The van der Waals surface area contributed by atoms with Gasteiger partial charge in [-0.15, -0.1) is 0 Å². The zero-order valence-electron chi connectivity index (χ0n) is 15.5. The highest BCUT2D eigenvalue weighted by Gasteiger charge is 2.14. The highest BCUT2D eigenvalue weighted by Crippen LogP contribution is 2.21. The maximum Gasteiger partial charge on any atom is 0.133 e. The molecule has 3 heteroatoms. The number of Topliss-reactive ketones (excluding diaryl/α,β-unsaturated/α-hetero) is 1. The first-order valence-corrected chi connectivity index (χ1v) is 9.33. The lowest BCUT2D eigenvalue weighted by atomic mass is 10.0. The quantitative estimate of drug-likeness (QED) is 0.597. The molecule has 0 N–H and O–H groups in total. The maximum atomic E-state index is 12.3. The Labute approximate surface area is 145 Å². The summed E-state index contributed by atoms with van der Waals surface area (Å²) < 4.78 is 11.7. The molecule has 0 aliphatic rings. The molecule has 2 rings (SSSR count). The van der Waals surface area contributed by atoms with Gasteiger partial charge in [-0.05, 0) is 36.1 Å². The fourth-order valence-corrected chi connectivity index (χ4v) is 3.06. The number of aryl methyl sites for hydroxylation is 6. The number of furan rings is 2. The largest absolute Gasteiger partial charge is 0.466 e. The van der Waals surface area contributed by atoms with E-state index in [-0.39, 0.29) is 5.78 Å². The summed E-state index contributed by atoms with van der Waals surface area (Å²) in [6, 6.07) is 4.25. The molecule has 2 aromatic rings.